The van der Waals surface area contributed by atoms with Gasteiger partial charge >= 0.3 is 12.4 Å². The molecule has 2 fully saturated rings. The van der Waals surface area contributed by atoms with Gasteiger partial charge in [0.2, 0.25) is 11.8 Å². The fraction of sp³-hybridized carbons (Fsp3) is 0.256. The number of aromatic hydroxyl groups is 1. The van der Waals surface area contributed by atoms with E-state index in [0.717, 1.165) is 0 Å². The van der Waals surface area contributed by atoms with E-state index in [2.05, 4.69) is 15.9 Å². The number of amides is 2. The molecule has 0 aromatic heterocycles. The van der Waals surface area contributed by atoms with Crippen LogP contribution in [0.5, 0.6) is 11.5 Å². The van der Waals surface area contributed by atoms with E-state index in [-0.39, 0.29) is 41.5 Å². The molecule has 4 aliphatic rings. The summed E-state index contributed by atoms with van der Waals surface area (Å²) in [5, 5.41) is 11.8. The summed E-state index contributed by atoms with van der Waals surface area (Å²) in [6, 6.07) is 20.7. The summed E-state index contributed by atoms with van der Waals surface area (Å²) in [6.45, 7) is 0. The number of phenolic OH excluding ortho intramolecular Hbond substituents is 1. The Morgan fingerprint density at radius 2 is 1.42 bits per heavy atom. The molecule has 14 heteroatoms. The molecule has 292 valence electrons. The molecule has 2 amide bonds. The molecular weight excluding hydrogens is 820 g/mol. The van der Waals surface area contributed by atoms with E-state index in [1.807, 2.05) is 0 Å². The predicted octanol–water partition coefficient (Wildman–Crippen LogP) is 9.23. The van der Waals surface area contributed by atoms with Crippen LogP contribution in [-0.4, -0.2) is 35.6 Å². The Bertz CT molecular complexity index is 2400. The number of allylic oxidation sites excluding steroid dienone is 4. The molecule has 0 unspecified atom stereocenters. The number of rotatable bonds is 5. The van der Waals surface area contributed by atoms with Crippen molar-refractivity contribution < 1.29 is 55.4 Å². The number of ketones is 2. The van der Waals surface area contributed by atoms with Crippen molar-refractivity contribution in [1.29, 1.82) is 0 Å². The highest BCUT2D eigenvalue weighted by atomic mass is 79.9. The summed E-state index contributed by atoms with van der Waals surface area (Å²) in [5.41, 5.74) is -4.46. The van der Waals surface area contributed by atoms with Crippen molar-refractivity contribution in [3.63, 3.8) is 0 Å². The maximum atomic E-state index is 15.2. The molecule has 57 heavy (non-hydrogen) atoms. The minimum absolute atomic E-state index is 0.0222. The number of carbonyl (C=O) groups is 4. The summed E-state index contributed by atoms with van der Waals surface area (Å²) in [6.07, 6.45) is -7.90. The zero-order valence-electron chi connectivity index (χ0n) is 29.7. The summed E-state index contributed by atoms with van der Waals surface area (Å²) < 4.78 is 89.6. The summed E-state index contributed by atoms with van der Waals surface area (Å²) in [7, 11) is 1.33. The zero-order chi connectivity index (χ0) is 40.8. The Morgan fingerprint density at radius 3 is 2.02 bits per heavy atom. The molecule has 6 atom stereocenters. The fourth-order valence-corrected chi connectivity index (χ4v) is 9.97. The van der Waals surface area contributed by atoms with E-state index >= 15 is 9.59 Å². The third kappa shape index (κ3) is 5.93. The number of carbonyl (C=O) groups excluding carboxylic acids is 4. The molecule has 0 bridgehead atoms. The highest BCUT2D eigenvalue weighted by Gasteiger charge is 2.66. The van der Waals surface area contributed by atoms with Crippen molar-refractivity contribution in [1.82, 2.24) is 0 Å². The van der Waals surface area contributed by atoms with Crippen LogP contribution in [0.25, 0.3) is 5.57 Å². The first-order valence-corrected chi connectivity index (χ1v) is 18.6. The lowest BCUT2D eigenvalue weighted by molar-refractivity contribution is -0.143. The van der Waals surface area contributed by atoms with E-state index in [4.69, 9.17) is 4.74 Å². The lowest BCUT2D eigenvalue weighted by Crippen LogP contribution is -2.58. The van der Waals surface area contributed by atoms with E-state index in [1.54, 1.807) is 72.8 Å². The first-order valence-electron chi connectivity index (χ1n) is 17.8. The molecule has 3 aliphatic carbocycles. The fourth-order valence-electron chi connectivity index (χ4n) is 9.51. The lowest BCUT2D eigenvalue weighted by atomic mass is 9.44. The smallest absolute Gasteiger partial charge is 0.416 e. The second kappa shape index (κ2) is 13.6. The summed E-state index contributed by atoms with van der Waals surface area (Å²) >= 11 is 3.47. The average Bonchev–Trinajstić information content (AvgIpc) is 3.44. The Kier molecular flexibility index (Phi) is 9.13. The second-order valence-electron chi connectivity index (χ2n) is 14.6. The van der Waals surface area contributed by atoms with Crippen LogP contribution in [-0.2, 0) is 36.9 Å². The highest BCUT2D eigenvalue weighted by molar-refractivity contribution is 9.10. The topological polar surface area (TPSA) is 101 Å². The van der Waals surface area contributed by atoms with Gasteiger partial charge in [0.15, 0.2) is 23.1 Å². The number of hydrogen-bond donors (Lipinski definition) is 1. The quantitative estimate of drug-likeness (QED) is 0.122. The molecule has 1 aliphatic heterocycles. The number of imide groups is 1. The van der Waals surface area contributed by atoms with Gasteiger partial charge in [0.1, 0.15) is 0 Å². The number of alkyl halides is 6. The maximum absolute atomic E-state index is 15.2. The van der Waals surface area contributed by atoms with Crippen LogP contribution in [0.4, 0.5) is 32.0 Å². The number of Topliss-reactive ketones (excluding diaryl/α,β-unsaturated/α-hetero) is 1. The molecule has 8 rings (SSSR count). The van der Waals surface area contributed by atoms with E-state index in [1.165, 1.54) is 19.3 Å². The first kappa shape index (κ1) is 38.4. The van der Waals surface area contributed by atoms with Gasteiger partial charge in [-0.3, -0.25) is 19.2 Å². The second-order valence-corrected chi connectivity index (χ2v) is 15.5. The molecular formula is C43H30BrF6NO6. The van der Waals surface area contributed by atoms with E-state index < -0.39 is 87.6 Å². The van der Waals surface area contributed by atoms with E-state index in [0.29, 0.717) is 38.2 Å². The maximum Gasteiger partial charge on any atom is 0.416 e. The van der Waals surface area contributed by atoms with E-state index in [9.17, 15) is 41.0 Å². The number of phenols is 1. The van der Waals surface area contributed by atoms with Crippen LogP contribution >= 0.6 is 15.9 Å². The number of hydrogen-bond acceptors (Lipinski definition) is 6. The standard InChI is InChI=1S/C43H30BrF6NO6/c1-57-33-18-25(44)17-31(38(33)54)36-27-12-13-28-35(40(56)51(39(28)55)26-15-23(42(45,46)47)14-24(16-26)43(48,49)50)30(27)19-32-37(53)29(21-8-4-2-5-9-21)20-34(52)41(32,36)22-10-6-3-7-11-22/h2-12,14-18,20,28,30,32,35-36,54H,13,19H2,1H3/t28-,30+,32-,35-,36+,41-/m0/s1. The zero-order valence-corrected chi connectivity index (χ0v) is 31.3. The monoisotopic (exact) mass is 849 g/mol. The largest absolute Gasteiger partial charge is 0.504 e. The number of benzene rings is 4. The molecule has 7 nitrogen and oxygen atoms in total. The molecule has 1 N–H and O–H groups in total. The third-order valence-electron chi connectivity index (χ3n) is 11.8. The Labute approximate surface area is 329 Å². The molecule has 1 saturated carbocycles. The number of halogens is 7. The van der Waals surface area contributed by atoms with Crippen LogP contribution in [0.15, 0.2) is 113 Å². The third-order valence-corrected chi connectivity index (χ3v) is 12.3. The van der Waals surface area contributed by atoms with Crippen molar-refractivity contribution in [3.05, 3.63) is 141 Å². The molecule has 4 aromatic rings. The Morgan fingerprint density at radius 1 is 0.807 bits per heavy atom. The Hall–Kier alpha value is -5.50. The molecule has 1 saturated heterocycles. The Balaban J connectivity index is 1.36. The summed E-state index contributed by atoms with van der Waals surface area (Å²) in [5.74, 6) is -9.30. The number of nitrogens with zero attached hydrogens (tertiary/aromatic N) is 1. The van der Waals surface area contributed by atoms with Gasteiger partial charge in [-0.05, 0) is 66.3 Å². The average molecular weight is 851 g/mol. The van der Waals surface area contributed by atoms with Crippen molar-refractivity contribution in [3.8, 4) is 11.5 Å². The van der Waals surface area contributed by atoms with Crippen LogP contribution in [0.2, 0.25) is 0 Å². The minimum Gasteiger partial charge on any atom is -0.504 e. The number of ether oxygens (including phenoxy) is 1. The van der Waals surface area contributed by atoms with Gasteiger partial charge in [-0.1, -0.05) is 88.2 Å². The van der Waals surface area contributed by atoms with Crippen LogP contribution in [0.1, 0.15) is 46.6 Å². The van der Waals surface area contributed by atoms with Gasteiger partial charge in [0.25, 0.3) is 0 Å². The van der Waals surface area contributed by atoms with Gasteiger partial charge < -0.3 is 9.84 Å². The van der Waals surface area contributed by atoms with Crippen molar-refractivity contribution in [2.24, 2.45) is 23.7 Å². The van der Waals surface area contributed by atoms with Crippen molar-refractivity contribution in [2.75, 3.05) is 12.0 Å². The van der Waals surface area contributed by atoms with Crippen LogP contribution in [0.3, 0.4) is 0 Å². The molecule has 4 aromatic carbocycles. The van der Waals surface area contributed by atoms with Gasteiger partial charge in [0.05, 0.1) is 41.2 Å². The molecule has 0 radical (unpaired) electrons. The van der Waals surface area contributed by atoms with Gasteiger partial charge in [-0.2, -0.15) is 26.3 Å². The summed E-state index contributed by atoms with van der Waals surface area (Å²) in [4.78, 5) is 59.4. The van der Waals surface area contributed by atoms with Crippen LogP contribution < -0.4 is 9.64 Å². The number of fused-ring (bicyclic) bond motifs is 4. The highest BCUT2D eigenvalue weighted by Crippen LogP contribution is 2.65. The molecule has 0 spiro atoms. The predicted molar refractivity (Wildman–Crippen MR) is 198 cm³/mol. The lowest BCUT2D eigenvalue weighted by Gasteiger charge is -2.55. The van der Waals surface area contributed by atoms with Crippen molar-refractivity contribution in [2.45, 2.75) is 36.5 Å². The van der Waals surface area contributed by atoms with Crippen LogP contribution in [0, 0.1) is 23.7 Å². The van der Waals surface area contributed by atoms with Crippen molar-refractivity contribution >= 4 is 50.6 Å². The first-order chi connectivity index (χ1) is 27.0. The normalized spacial score (nSPS) is 26.0. The minimum atomic E-state index is -5.24. The van der Waals surface area contributed by atoms with Gasteiger partial charge in [-0.15, -0.1) is 0 Å². The SMILES string of the molecule is COc1cc(Br)cc([C@H]2C3=CC[C@@H]4C(=O)N(c5cc(C(F)(F)F)cc(C(F)(F)F)c5)C(=O)[C@@H]4[C@@H]3C[C@H]3C(=O)C(c4ccccc4)=CC(=O)[C@@]23c2ccccc2)c1O. The van der Waals surface area contributed by atoms with Gasteiger partial charge in [-0.25, -0.2) is 4.90 Å². The number of anilines is 1. The number of methoxy groups -OCH3 is 1. The van der Waals surface area contributed by atoms with Gasteiger partial charge in [0, 0.05) is 27.4 Å². The molecule has 1 heterocycles.